The van der Waals surface area contributed by atoms with E-state index in [0.29, 0.717) is 16.7 Å². The second-order valence-corrected chi connectivity index (χ2v) is 4.78. The van der Waals surface area contributed by atoms with Crippen LogP contribution >= 0.6 is 0 Å². The molecule has 0 heterocycles. The molecule has 0 N–H and O–H groups in total. The van der Waals surface area contributed by atoms with Gasteiger partial charge in [-0.2, -0.15) is 0 Å². The third-order valence-electron chi connectivity index (χ3n) is 4.46. The van der Waals surface area contributed by atoms with Crippen LogP contribution in [0.3, 0.4) is 0 Å². The highest BCUT2D eigenvalue weighted by Gasteiger charge is 2.61. The molecule has 3 atom stereocenters. The summed E-state index contributed by atoms with van der Waals surface area (Å²) in [6.45, 7) is 4.64. The normalized spacial score (nSPS) is 54.9. The van der Waals surface area contributed by atoms with Crippen molar-refractivity contribution in [2.45, 2.75) is 39.5 Å². The number of rotatable bonds is 1. The van der Waals surface area contributed by atoms with Gasteiger partial charge in [-0.1, -0.05) is 20.3 Å². The Morgan fingerprint density at radius 3 is 2.64 bits per heavy atom. The van der Waals surface area contributed by atoms with Crippen LogP contribution in [0.25, 0.3) is 0 Å². The van der Waals surface area contributed by atoms with E-state index in [1.807, 2.05) is 0 Å². The summed E-state index contributed by atoms with van der Waals surface area (Å²) in [4.78, 5) is 10.7. The molecule has 2 aliphatic rings. The molecule has 0 aromatic heterocycles. The lowest BCUT2D eigenvalue weighted by molar-refractivity contribution is -0.137. The van der Waals surface area contributed by atoms with Gasteiger partial charge in [0, 0.05) is 5.92 Å². The summed E-state index contributed by atoms with van der Waals surface area (Å²) in [6, 6.07) is 0. The Labute approximate surface area is 68.2 Å². The zero-order chi connectivity index (χ0) is 8.11. The first-order chi connectivity index (χ1) is 5.12. The lowest BCUT2D eigenvalue weighted by atomic mass is 9.47. The van der Waals surface area contributed by atoms with E-state index in [9.17, 15) is 4.79 Å². The largest absolute Gasteiger partial charge is 0.303 e. The second-order valence-electron chi connectivity index (χ2n) is 4.78. The molecule has 1 heteroatoms. The monoisotopic (exact) mass is 152 g/mol. The van der Waals surface area contributed by atoms with Crippen LogP contribution in [0.4, 0.5) is 0 Å². The van der Waals surface area contributed by atoms with Crippen molar-refractivity contribution in [2.75, 3.05) is 0 Å². The molecule has 1 nitrogen and oxygen atoms in total. The lowest BCUT2D eigenvalue weighted by Crippen LogP contribution is -2.51. The summed E-state index contributed by atoms with van der Waals surface area (Å²) in [5, 5.41) is 0. The maximum Gasteiger partial charge on any atom is 0.123 e. The molecule has 2 fully saturated rings. The minimum atomic E-state index is 0.370. The predicted octanol–water partition coefficient (Wildman–Crippen LogP) is 2.40. The minimum absolute atomic E-state index is 0.370. The number of hydrogen-bond acceptors (Lipinski definition) is 1. The van der Waals surface area contributed by atoms with Gasteiger partial charge in [-0.3, -0.25) is 0 Å². The van der Waals surface area contributed by atoms with Gasteiger partial charge in [-0.25, -0.2) is 0 Å². The summed E-state index contributed by atoms with van der Waals surface area (Å²) >= 11 is 0. The topological polar surface area (TPSA) is 17.1 Å². The molecule has 3 unspecified atom stereocenters. The fourth-order valence-electron chi connectivity index (χ4n) is 3.18. The van der Waals surface area contributed by atoms with Crippen molar-refractivity contribution in [3.8, 4) is 0 Å². The molecule has 2 rings (SSSR count). The summed E-state index contributed by atoms with van der Waals surface area (Å²) in [6.07, 6.45) is 6.26. The third kappa shape index (κ3) is 0.646. The number of fused-ring (bicyclic) bond motifs is 1. The standard InChI is InChI=1S/C10H16O/c1-9-4-3-5-10(9,2)8(6-9)7-11/h7-8H,3-6H2,1-2H3. The van der Waals surface area contributed by atoms with Crippen LogP contribution in [0.2, 0.25) is 0 Å². The van der Waals surface area contributed by atoms with Gasteiger partial charge in [-0.15, -0.1) is 0 Å². The van der Waals surface area contributed by atoms with E-state index in [4.69, 9.17) is 0 Å². The van der Waals surface area contributed by atoms with Gasteiger partial charge in [0.15, 0.2) is 0 Å². The Morgan fingerprint density at radius 2 is 2.09 bits per heavy atom. The summed E-state index contributed by atoms with van der Waals surface area (Å²) in [7, 11) is 0. The van der Waals surface area contributed by atoms with Gasteiger partial charge in [0.2, 0.25) is 0 Å². The van der Waals surface area contributed by atoms with E-state index in [1.165, 1.54) is 25.5 Å². The molecular weight excluding hydrogens is 136 g/mol. The molecule has 0 aromatic carbocycles. The van der Waals surface area contributed by atoms with Crippen LogP contribution in [0.1, 0.15) is 39.5 Å². The summed E-state index contributed by atoms with van der Waals surface area (Å²) in [5.41, 5.74) is 0.882. The van der Waals surface area contributed by atoms with Gasteiger partial charge >= 0.3 is 0 Å². The molecule has 0 aliphatic heterocycles. The van der Waals surface area contributed by atoms with Crippen molar-refractivity contribution in [1.29, 1.82) is 0 Å². The van der Waals surface area contributed by atoms with Crippen LogP contribution in [0.15, 0.2) is 0 Å². The highest BCUT2D eigenvalue weighted by Crippen LogP contribution is 2.68. The Bertz CT molecular complexity index is 199. The minimum Gasteiger partial charge on any atom is -0.303 e. The summed E-state index contributed by atoms with van der Waals surface area (Å²) in [5.74, 6) is 0.370. The van der Waals surface area contributed by atoms with Gasteiger partial charge in [0.1, 0.15) is 6.29 Å². The number of carbonyl (C=O) groups excluding carboxylic acids is 1. The second kappa shape index (κ2) is 1.88. The van der Waals surface area contributed by atoms with Crippen molar-refractivity contribution in [2.24, 2.45) is 16.7 Å². The van der Waals surface area contributed by atoms with E-state index < -0.39 is 0 Å². The fraction of sp³-hybridized carbons (Fsp3) is 0.900. The maximum atomic E-state index is 10.7. The molecule has 62 valence electrons. The predicted molar refractivity (Wildman–Crippen MR) is 44.2 cm³/mol. The van der Waals surface area contributed by atoms with E-state index in [-0.39, 0.29) is 0 Å². The quantitative estimate of drug-likeness (QED) is 0.527. The van der Waals surface area contributed by atoms with Crippen LogP contribution < -0.4 is 0 Å². The van der Waals surface area contributed by atoms with Gasteiger partial charge in [0.25, 0.3) is 0 Å². The first kappa shape index (κ1) is 7.33. The average molecular weight is 152 g/mol. The molecular formula is C10H16O. The highest BCUT2D eigenvalue weighted by molar-refractivity contribution is 5.58. The van der Waals surface area contributed by atoms with Crippen LogP contribution in [-0.4, -0.2) is 6.29 Å². The number of hydrogen-bond donors (Lipinski definition) is 0. The molecule has 11 heavy (non-hydrogen) atoms. The van der Waals surface area contributed by atoms with Crippen molar-refractivity contribution in [3.63, 3.8) is 0 Å². The van der Waals surface area contributed by atoms with E-state index in [0.717, 1.165) is 6.42 Å². The van der Waals surface area contributed by atoms with E-state index in [1.54, 1.807) is 0 Å². The van der Waals surface area contributed by atoms with Gasteiger partial charge in [-0.05, 0) is 30.1 Å². The molecule has 0 bridgehead atoms. The van der Waals surface area contributed by atoms with Crippen molar-refractivity contribution in [1.82, 2.24) is 0 Å². The zero-order valence-corrected chi connectivity index (χ0v) is 7.39. The van der Waals surface area contributed by atoms with E-state index >= 15 is 0 Å². The highest BCUT2D eigenvalue weighted by atomic mass is 16.1. The van der Waals surface area contributed by atoms with Gasteiger partial charge in [0.05, 0.1) is 0 Å². The average Bonchev–Trinajstić information content (AvgIpc) is 2.17. The van der Waals surface area contributed by atoms with Crippen LogP contribution in [0.5, 0.6) is 0 Å². The first-order valence-corrected chi connectivity index (χ1v) is 4.58. The van der Waals surface area contributed by atoms with Crippen LogP contribution in [0, 0.1) is 16.7 Å². The number of carbonyl (C=O) groups is 1. The molecule has 0 aromatic rings. The number of aldehydes is 1. The zero-order valence-electron chi connectivity index (χ0n) is 7.39. The molecule has 0 saturated heterocycles. The Morgan fingerprint density at radius 1 is 1.36 bits per heavy atom. The molecule has 2 saturated carbocycles. The SMILES string of the molecule is CC12CCCC1(C)C(C=O)C2. The fourth-order valence-corrected chi connectivity index (χ4v) is 3.18. The first-order valence-electron chi connectivity index (χ1n) is 4.58. The van der Waals surface area contributed by atoms with Crippen molar-refractivity contribution >= 4 is 6.29 Å². The van der Waals surface area contributed by atoms with Crippen molar-refractivity contribution < 1.29 is 4.79 Å². The lowest BCUT2D eigenvalue weighted by Gasteiger charge is -2.56. The smallest absolute Gasteiger partial charge is 0.123 e. The summed E-state index contributed by atoms with van der Waals surface area (Å²) < 4.78 is 0. The Hall–Kier alpha value is -0.330. The van der Waals surface area contributed by atoms with Crippen molar-refractivity contribution in [3.05, 3.63) is 0 Å². The molecule has 0 radical (unpaired) electrons. The maximum absolute atomic E-state index is 10.7. The molecule has 2 aliphatic carbocycles. The Balaban J connectivity index is 2.25. The van der Waals surface area contributed by atoms with E-state index in [2.05, 4.69) is 13.8 Å². The Kier molecular flexibility index (Phi) is 1.25. The van der Waals surface area contributed by atoms with Gasteiger partial charge < -0.3 is 4.79 Å². The molecule has 0 amide bonds. The molecule has 0 spiro atoms. The van der Waals surface area contributed by atoms with Crippen LogP contribution in [-0.2, 0) is 4.79 Å². The third-order valence-corrected chi connectivity index (χ3v) is 4.46.